The topological polar surface area (TPSA) is 120 Å². The second kappa shape index (κ2) is 8.92. The number of benzene rings is 1. The smallest absolute Gasteiger partial charge is 0.262 e. The van der Waals surface area contributed by atoms with Crippen LogP contribution < -0.4 is 10.9 Å². The highest BCUT2D eigenvalue weighted by Gasteiger charge is 2.27. The summed E-state index contributed by atoms with van der Waals surface area (Å²) < 4.78 is 0. The highest BCUT2D eigenvalue weighted by Crippen LogP contribution is 2.30. The van der Waals surface area contributed by atoms with Gasteiger partial charge in [0.2, 0.25) is 12.3 Å². The van der Waals surface area contributed by atoms with E-state index in [4.69, 9.17) is 11.6 Å². The SMILES string of the molecule is O=CN(O)C[C@H](CC1CCCC1)C(=O)NNc1nnc2ccc(Cl)cc2n1. The van der Waals surface area contributed by atoms with E-state index < -0.39 is 5.92 Å². The Morgan fingerprint density at radius 3 is 2.85 bits per heavy atom. The molecule has 0 spiro atoms. The van der Waals surface area contributed by atoms with E-state index in [0.29, 0.717) is 39.9 Å². The van der Waals surface area contributed by atoms with Crippen LogP contribution in [0.3, 0.4) is 0 Å². The minimum absolute atomic E-state index is 0.0695. The molecule has 0 bridgehead atoms. The fourth-order valence-electron chi connectivity index (χ4n) is 3.36. The Balaban J connectivity index is 1.64. The Kier molecular flexibility index (Phi) is 6.36. The van der Waals surface area contributed by atoms with E-state index >= 15 is 0 Å². The van der Waals surface area contributed by atoms with Gasteiger partial charge in [-0.05, 0) is 30.5 Å². The van der Waals surface area contributed by atoms with Gasteiger partial charge in [-0.2, -0.15) is 0 Å². The maximum absolute atomic E-state index is 12.5. The van der Waals surface area contributed by atoms with Gasteiger partial charge in [0.15, 0.2) is 0 Å². The fraction of sp³-hybridized carbons (Fsp3) is 0.471. The Hall–Kier alpha value is -2.52. The van der Waals surface area contributed by atoms with Crippen molar-refractivity contribution < 1.29 is 14.8 Å². The standard InChI is InChI=1S/C17H21ClN6O3/c18-13-5-6-14-15(8-13)19-17(22-20-14)23-21-16(26)12(9-24(27)10-25)7-11-3-1-2-4-11/h5-6,8,10-12,27H,1-4,7,9H2,(H,21,26)(H,19,22,23)/t12-/m0/s1. The van der Waals surface area contributed by atoms with Crippen LogP contribution in [0, 0.1) is 11.8 Å². The third-order valence-electron chi connectivity index (χ3n) is 4.71. The molecule has 0 saturated heterocycles. The van der Waals surface area contributed by atoms with Gasteiger partial charge in [-0.3, -0.25) is 25.6 Å². The third kappa shape index (κ3) is 5.24. The summed E-state index contributed by atoms with van der Waals surface area (Å²) >= 11 is 5.95. The predicted octanol–water partition coefficient (Wildman–Crippen LogP) is 2.17. The molecule has 9 nitrogen and oxygen atoms in total. The molecule has 1 saturated carbocycles. The summed E-state index contributed by atoms with van der Waals surface area (Å²) in [6, 6.07) is 5.04. The van der Waals surface area contributed by atoms with Crippen LogP contribution in [0.4, 0.5) is 5.95 Å². The van der Waals surface area contributed by atoms with Crippen molar-refractivity contribution in [3.05, 3.63) is 23.2 Å². The summed E-state index contributed by atoms with van der Waals surface area (Å²) in [7, 11) is 0. The highest BCUT2D eigenvalue weighted by atomic mass is 35.5. The van der Waals surface area contributed by atoms with Gasteiger partial charge < -0.3 is 0 Å². The van der Waals surface area contributed by atoms with E-state index in [9.17, 15) is 14.8 Å². The van der Waals surface area contributed by atoms with E-state index in [0.717, 1.165) is 25.7 Å². The largest absolute Gasteiger partial charge is 0.286 e. The number of rotatable bonds is 8. The van der Waals surface area contributed by atoms with Crippen molar-refractivity contribution >= 4 is 40.9 Å². The molecule has 1 fully saturated rings. The molecule has 2 amide bonds. The first kappa shape index (κ1) is 19.2. The molecule has 1 heterocycles. The van der Waals surface area contributed by atoms with Crippen LogP contribution in [-0.4, -0.2) is 44.3 Å². The zero-order chi connectivity index (χ0) is 19.2. The maximum Gasteiger partial charge on any atom is 0.262 e. The van der Waals surface area contributed by atoms with Crippen molar-refractivity contribution in [2.75, 3.05) is 12.0 Å². The molecule has 3 N–H and O–H groups in total. The number of hydroxylamine groups is 2. The molecular weight excluding hydrogens is 372 g/mol. The Labute approximate surface area is 161 Å². The van der Waals surface area contributed by atoms with E-state index in [-0.39, 0.29) is 18.4 Å². The first-order valence-corrected chi connectivity index (χ1v) is 9.19. The highest BCUT2D eigenvalue weighted by molar-refractivity contribution is 6.31. The molecule has 1 aromatic heterocycles. The van der Waals surface area contributed by atoms with Crippen LogP contribution in [0.1, 0.15) is 32.1 Å². The molecule has 0 aliphatic heterocycles. The van der Waals surface area contributed by atoms with Crippen LogP contribution in [0.25, 0.3) is 11.0 Å². The van der Waals surface area contributed by atoms with Gasteiger partial charge in [0.25, 0.3) is 5.95 Å². The lowest BCUT2D eigenvalue weighted by molar-refractivity contribution is -0.154. The van der Waals surface area contributed by atoms with Crippen LogP contribution >= 0.6 is 11.6 Å². The first-order chi connectivity index (χ1) is 13.0. The van der Waals surface area contributed by atoms with Crippen LogP contribution in [0.2, 0.25) is 5.02 Å². The van der Waals surface area contributed by atoms with Crippen LogP contribution in [0.5, 0.6) is 0 Å². The third-order valence-corrected chi connectivity index (χ3v) is 4.94. The molecule has 0 unspecified atom stereocenters. The second-order valence-electron chi connectivity index (χ2n) is 6.69. The molecular formula is C17H21ClN6O3. The Morgan fingerprint density at radius 1 is 1.33 bits per heavy atom. The van der Waals surface area contributed by atoms with Gasteiger partial charge >= 0.3 is 0 Å². The number of nitrogens with one attached hydrogen (secondary N) is 2. The van der Waals surface area contributed by atoms with E-state index in [1.807, 2.05) is 0 Å². The summed E-state index contributed by atoms with van der Waals surface area (Å²) in [5, 5.41) is 18.4. The minimum atomic E-state index is -0.543. The number of fused-ring (bicyclic) bond motifs is 1. The summed E-state index contributed by atoms with van der Waals surface area (Å²) in [5.41, 5.74) is 6.30. The van der Waals surface area contributed by atoms with E-state index in [1.54, 1.807) is 18.2 Å². The lowest BCUT2D eigenvalue weighted by Crippen LogP contribution is -2.41. The quantitative estimate of drug-likeness (QED) is 0.357. The molecule has 1 aliphatic rings. The predicted molar refractivity (Wildman–Crippen MR) is 98.7 cm³/mol. The van der Waals surface area contributed by atoms with E-state index in [2.05, 4.69) is 26.0 Å². The number of hydrogen-bond acceptors (Lipinski definition) is 7. The van der Waals surface area contributed by atoms with Gasteiger partial charge in [-0.15, -0.1) is 10.2 Å². The number of hydrogen-bond donors (Lipinski definition) is 3. The fourth-order valence-corrected chi connectivity index (χ4v) is 3.53. The van der Waals surface area contributed by atoms with Gasteiger partial charge in [0.1, 0.15) is 5.52 Å². The molecule has 27 heavy (non-hydrogen) atoms. The first-order valence-electron chi connectivity index (χ1n) is 8.82. The number of hydrazine groups is 1. The van der Waals surface area contributed by atoms with Crippen molar-refractivity contribution in [1.82, 2.24) is 25.7 Å². The van der Waals surface area contributed by atoms with Crippen molar-refractivity contribution in [2.45, 2.75) is 32.1 Å². The molecule has 1 aliphatic carbocycles. The van der Waals surface area contributed by atoms with Gasteiger partial charge in [-0.1, -0.05) is 37.3 Å². The van der Waals surface area contributed by atoms with Gasteiger partial charge in [-0.25, -0.2) is 10.0 Å². The number of halogens is 1. The molecule has 2 aromatic rings. The zero-order valence-electron chi connectivity index (χ0n) is 14.6. The molecule has 144 valence electrons. The van der Waals surface area contributed by atoms with Crippen molar-refractivity contribution in [1.29, 1.82) is 0 Å². The van der Waals surface area contributed by atoms with Crippen LogP contribution in [-0.2, 0) is 9.59 Å². The lowest BCUT2D eigenvalue weighted by Gasteiger charge is -2.22. The maximum atomic E-state index is 12.5. The number of nitrogens with zero attached hydrogens (tertiary/aromatic N) is 4. The Bertz CT molecular complexity index is 814. The zero-order valence-corrected chi connectivity index (χ0v) is 15.4. The number of anilines is 1. The summed E-state index contributed by atoms with van der Waals surface area (Å²) in [6.45, 7) is -0.0695. The summed E-state index contributed by atoms with van der Waals surface area (Å²) in [6.07, 6.45) is 5.30. The summed E-state index contributed by atoms with van der Waals surface area (Å²) in [4.78, 5) is 27.5. The lowest BCUT2D eigenvalue weighted by atomic mass is 9.92. The van der Waals surface area contributed by atoms with Gasteiger partial charge in [0.05, 0.1) is 18.0 Å². The average Bonchev–Trinajstić information content (AvgIpc) is 3.18. The van der Waals surface area contributed by atoms with Crippen molar-refractivity contribution in [2.24, 2.45) is 11.8 Å². The molecule has 1 aromatic carbocycles. The molecule has 1 atom stereocenters. The molecule has 0 radical (unpaired) electrons. The summed E-state index contributed by atoms with van der Waals surface area (Å²) in [5.74, 6) is -0.355. The number of carbonyl (C=O) groups excluding carboxylic acids is 2. The Morgan fingerprint density at radius 2 is 2.11 bits per heavy atom. The van der Waals surface area contributed by atoms with E-state index in [1.165, 1.54) is 0 Å². The normalized spacial score (nSPS) is 15.5. The monoisotopic (exact) mass is 392 g/mol. The van der Waals surface area contributed by atoms with Crippen molar-refractivity contribution in [3.63, 3.8) is 0 Å². The van der Waals surface area contributed by atoms with Crippen molar-refractivity contribution in [3.8, 4) is 0 Å². The molecule has 3 rings (SSSR count). The second-order valence-corrected chi connectivity index (χ2v) is 7.13. The minimum Gasteiger partial charge on any atom is -0.286 e. The number of amides is 2. The van der Waals surface area contributed by atoms with Gasteiger partial charge in [0, 0.05) is 5.02 Å². The van der Waals surface area contributed by atoms with Crippen LogP contribution in [0.15, 0.2) is 18.2 Å². The molecule has 10 heteroatoms. The number of carbonyl (C=O) groups is 2. The number of aromatic nitrogens is 3. The average molecular weight is 393 g/mol.